The van der Waals surface area contributed by atoms with Gasteiger partial charge < -0.3 is 15.6 Å². The molecule has 0 saturated heterocycles. The largest absolute Gasteiger partial charge is 0.345 e. The van der Waals surface area contributed by atoms with E-state index in [4.69, 9.17) is 5.73 Å². The first-order valence-electron chi connectivity index (χ1n) is 4.67. The molecule has 1 unspecified atom stereocenters. The standard InChI is InChI=1S/C9H16N4O/c1-3-7(6-10)12-9(14)8-11-4-5-13(8)2/h4-5,7H,3,6,10H2,1-2H3,(H,12,14). The lowest BCUT2D eigenvalue weighted by atomic mass is 10.2. The molecule has 0 fully saturated rings. The number of aromatic nitrogens is 2. The van der Waals surface area contributed by atoms with Gasteiger partial charge in [0.1, 0.15) is 0 Å². The maximum Gasteiger partial charge on any atom is 0.287 e. The molecule has 5 heteroatoms. The van der Waals surface area contributed by atoms with Gasteiger partial charge in [-0.2, -0.15) is 0 Å². The number of hydrogen-bond acceptors (Lipinski definition) is 3. The Morgan fingerprint density at radius 3 is 2.93 bits per heavy atom. The number of hydrogen-bond donors (Lipinski definition) is 2. The molecular weight excluding hydrogens is 180 g/mol. The zero-order chi connectivity index (χ0) is 10.6. The molecule has 1 aromatic rings. The van der Waals surface area contributed by atoms with Gasteiger partial charge in [0.25, 0.3) is 5.91 Å². The monoisotopic (exact) mass is 196 g/mol. The highest BCUT2D eigenvalue weighted by Crippen LogP contribution is 1.96. The van der Waals surface area contributed by atoms with Crippen LogP contribution in [0.2, 0.25) is 0 Å². The summed E-state index contributed by atoms with van der Waals surface area (Å²) in [5, 5.41) is 2.81. The average Bonchev–Trinajstić information content (AvgIpc) is 2.60. The third-order valence-electron chi connectivity index (χ3n) is 2.14. The highest BCUT2D eigenvalue weighted by molar-refractivity contribution is 5.90. The van der Waals surface area contributed by atoms with Crippen LogP contribution in [-0.4, -0.2) is 28.0 Å². The molecule has 1 rings (SSSR count). The van der Waals surface area contributed by atoms with Crippen molar-refractivity contribution in [2.24, 2.45) is 12.8 Å². The van der Waals surface area contributed by atoms with Crippen LogP contribution in [-0.2, 0) is 7.05 Å². The number of rotatable bonds is 4. The minimum Gasteiger partial charge on any atom is -0.345 e. The number of imidazole rings is 1. The summed E-state index contributed by atoms with van der Waals surface area (Å²) in [4.78, 5) is 15.6. The molecular formula is C9H16N4O. The van der Waals surface area contributed by atoms with Gasteiger partial charge in [-0.3, -0.25) is 4.79 Å². The number of carbonyl (C=O) groups excluding carboxylic acids is 1. The fourth-order valence-electron chi connectivity index (χ4n) is 1.16. The minimum absolute atomic E-state index is 0.0270. The Morgan fingerprint density at radius 1 is 1.79 bits per heavy atom. The lowest BCUT2D eigenvalue weighted by molar-refractivity contribution is 0.0923. The Kier molecular flexibility index (Phi) is 3.64. The fraction of sp³-hybridized carbons (Fsp3) is 0.556. The topological polar surface area (TPSA) is 72.9 Å². The molecule has 0 spiro atoms. The Hall–Kier alpha value is -1.36. The molecule has 1 aromatic heterocycles. The van der Waals surface area contributed by atoms with Crippen molar-refractivity contribution in [1.29, 1.82) is 0 Å². The third-order valence-corrected chi connectivity index (χ3v) is 2.14. The third kappa shape index (κ3) is 2.32. The van der Waals surface area contributed by atoms with Gasteiger partial charge in [-0.25, -0.2) is 4.98 Å². The molecule has 1 atom stereocenters. The number of aryl methyl sites for hydroxylation is 1. The maximum absolute atomic E-state index is 11.6. The maximum atomic E-state index is 11.6. The molecule has 3 N–H and O–H groups in total. The fourth-order valence-corrected chi connectivity index (χ4v) is 1.16. The van der Waals surface area contributed by atoms with E-state index in [9.17, 15) is 4.79 Å². The molecule has 14 heavy (non-hydrogen) atoms. The number of nitrogens with zero attached hydrogens (tertiary/aromatic N) is 2. The molecule has 0 aliphatic carbocycles. The lowest BCUT2D eigenvalue weighted by Crippen LogP contribution is -2.40. The Morgan fingerprint density at radius 2 is 2.50 bits per heavy atom. The summed E-state index contributed by atoms with van der Waals surface area (Å²) in [7, 11) is 1.78. The zero-order valence-corrected chi connectivity index (χ0v) is 8.53. The van der Waals surface area contributed by atoms with E-state index in [0.717, 1.165) is 6.42 Å². The molecule has 5 nitrogen and oxygen atoms in total. The van der Waals surface area contributed by atoms with Crippen molar-refractivity contribution in [3.8, 4) is 0 Å². The van der Waals surface area contributed by atoms with Crippen LogP contribution in [0.5, 0.6) is 0 Å². The van der Waals surface area contributed by atoms with Gasteiger partial charge >= 0.3 is 0 Å². The van der Waals surface area contributed by atoms with E-state index in [1.54, 1.807) is 24.0 Å². The number of amides is 1. The quantitative estimate of drug-likeness (QED) is 0.705. The van der Waals surface area contributed by atoms with E-state index in [0.29, 0.717) is 12.4 Å². The lowest BCUT2D eigenvalue weighted by Gasteiger charge is -2.13. The van der Waals surface area contributed by atoms with Crippen LogP contribution in [0.4, 0.5) is 0 Å². The predicted octanol–water partition coefficient (Wildman–Crippen LogP) is -0.113. The van der Waals surface area contributed by atoms with Gasteiger partial charge in [0, 0.05) is 32.0 Å². The summed E-state index contributed by atoms with van der Waals surface area (Å²) < 4.78 is 1.68. The highest BCUT2D eigenvalue weighted by atomic mass is 16.2. The number of nitrogens with one attached hydrogen (secondary N) is 1. The van der Waals surface area contributed by atoms with E-state index < -0.39 is 0 Å². The number of carbonyl (C=O) groups is 1. The minimum atomic E-state index is -0.171. The summed E-state index contributed by atoms with van der Waals surface area (Å²) in [5.41, 5.74) is 5.48. The van der Waals surface area contributed by atoms with E-state index in [2.05, 4.69) is 10.3 Å². The van der Waals surface area contributed by atoms with Crippen LogP contribution < -0.4 is 11.1 Å². The molecule has 78 valence electrons. The average molecular weight is 196 g/mol. The zero-order valence-electron chi connectivity index (χ0n) is 8.53. The van der Waals surface area contributed by atoms with Crippen LogP contribution >= 0.6 is 0 Å². The van der Waals surface area contributed by atoms with Crippen molar-refractivity contribution in [3.05, 3.63) is 18.2 Å². The van der Waals surface area contributed by atoms with Crippen molar-refractivity contribution in [1.82, 2.24) is 14.9 Å². The van der Waals surface area contributed by atoms with E-state index in [-0.39, 0.29) is 11.9 Å². The van der Waals surface area contributed by atoms with Crippen molar-refractivity contribution in [3.63, 3.8) is 0 Å². The molecule has 0 aliphatic heterocycles. The highest BCUT2D eigenvalue weighted by Gasteiger charge is 2.13. The van der Waals surface area contributed by atoms with Crippen molar-refractivity contribution in [2.75, 3.05) is 6.54 Å². The second-order valence-corrected chi connectivity index (χ2v) is 3.18. The first-order valence-corrected chi connectivity index (χ1v) is 4.67. The van der Waals surface area contributed by atoms with E-state index >= 15 is 0 Å². The van der Waals surface area contributed by atoms with Crippen LogP contribution in [0.15, 0.2) is 12.4 Å². The van der Waals surface area contributed by atoms with Gasteiger partial charge in [-0.1, -0.05) is 6.92 Å². The van der Waals surface area contributed by atoms with Crippen LogP contribution in [0.3, 0.4) is 0 Å². The van der Waals surface area contributed by atoms with Gasteiger partial charge in [0.15, 0.2) is 5.82 Å². The molecule has 0 aliphatic rings. The normalized spacial score (nSPS) is 12.5. The van der Waals surface area contributed by atoms with Gasteiger partial charge in [0.2, 0.25) is 0 Å². The van der Waals surface area contributed by atoms with E-state index in [1.807, 2.05) is 6.92 Å². The molecule has 0 saturated carbocycles. The van der Waals surface area contributed by atoms with Crippen LogP contribution in [0.25, 0.3) is 0 Å². The molecule has 0 aromatic carbocycles. The second kappa shape index (κ2) is 4.76. The second-order valence-electron chi connectivity index (χ2n) is 3.18. The first-order chi connectivity index (χ1) is 6.69. The first kappa shape index (κ1) is 10.7. The Balaban J connectivity index is 2.63. The summed E-state index contributed by atoms with van der Waals surface area (Å²) in [6, 6.07) is 0.0270. The van der Waals surface area contributed by atoms with Gasteiger partial charge in [-0.05, 0) is 6.42 Å². The van der Waals surface area contributed by atoms with Gasteiger partial charge in [-0.15, -0.1) is 0 Å². The summed E-state index contributed by atoms with van der Waals surface area (Å²) in [5.74, 6) is 0.242. The summed E-state index contributed by atoms with van der Waals surface area (Å²) >= 11 is 0. The predicted molar refractivity (Wildman–Crippen MR) is 53.8 cm³/mol. The van der Waals surface area contributed by atoms with Crippen LogP contribution in [0.1, 0.15) is 24.0 Å². The Labute approximate surface area is 83.3 Å². The molecule has 1 heterocycles. The number of nitrogens with two attached hydrogens (primary N) is 1. The Bertz CT molecular complexity index is 304. The molecule has 1 amide bonds. The van der Waals surface area contributed by atoms with Crippen LogP contribution in [0, 0.1) is 0 Å². The van der Waals surface area contributed by atoms with Crippen molar-refractivity contribution < 1.29 is 4.79 Å². The molecule has 0 radical (unpaired) electrons. The van der Waals surface area contributed by atoms with E-state index in [1.165, 1.54) is 0 Å². The smallest absolute Gasteiger partial charge is 0.287 e. The van der Waals surface area contributed by atoms with Crippen molar-refractivity contribution in [2.45, 2.75) is 19.4 Å². The SMILES string of the molecule is CCC(CN)NC(=O)c1nccn1C. The van der Waals surface area contributed by atoms with Gasteiger partial charge in [0.05, 0.1) is 0 Å². The van der Waals surface area contributed by atoms with Crippen molar-refractivity contribution >= 4 is 5.91 Å². The summed E-state index contributed by atoms with van der Waals surface area (Å²) in [6.07, 6.45) is 4.16. The molecule has 0 bridgehead atoms. The summed E-state index contributed by atoms with van der Waals surface area (Å²) in [6.45, 7) is 2.43.